The minimum absolute atomic E-state index is 0.0774. The summed E-state index contributed by atoms with van der Waals surface area (Å²) in [6.45, 7) is 9.39. The van der Waals surface area contributed by atoms with Crippen molar-refractivity contribution in [3.05, 3.63) is 35.4 Å². The molecule has 1 amide bonds. The van der Waals surface area contributed by atoms with E-state index in [-0.39, 0.29) is 17.2 Å². The summed E-state index contributed by atoms with van der Waals surface area (Å²) in [5.41, 5.74) is 8.82. The molecule has 1 heterocycles. The number of nitrogens with two attached hydrogens (primary N) is 1. The van der Waals surface area contributed by atoms with Crippen LogP contribution in [0.15, 0.2) is 29.4 Å². The average molecular weight is 287 g/mol. The molecule has 0 saturated carbocycles. The highest BCUT2D eigenvalue weighted by Crippen LogP contribution is 2.31. The average Bonchev–Trinajstić information content (AvgIpc) is 2.71. The molecule has 0 saturated heterocycles. The molecule has 21 heavy (non-hydrogen) atoms. The van der Waals surface area contributed by atoms with Crippen LogP contribution in [0.3, 0.4) is 0 Å². The van der Waals surface area contributed by atoms with Gasteiger partial charge >= 0.3 is 0 Å². The van der Waals surface area contributed by atoms with Gasteiger partial charge in [-0.05, 0) is 31.0 Å². The molecule has 2 N–H and O–H groups in total. The second-order valence-corrected chi connectivity index (χ2v) is 6.69. The zero-order chi connectivity index (χ0) is 15.6. The highest BCUT2D eigenvalue weighted by molar-refractivity contribution is 6.10. The lowest BCUT2D eigenvalue weighted by molar-refractivity contribution is -0.132. The van der Waals surface area contributed by atoms with E-state index in [9.17, 15) is 4.79 Å². The van der Waals surface area contributed by atoms with Crippen molar-refractivity contribution < 1.29 is 4.79 Å². The number of hydrogen-bond donors (Lipinski definition) is 1. The van der Waals surface area contributed by atoms with Gasteiger partial charge in [0.15, 0.2) is 0 Å². The fraction of sp³-hybridized carbons (Fsp3) is 0.529. The van der Waals surface area contributed by atoms with E-state index in [2.05, 4.69) is 38.9 Å². The van der Waals surface area contributed by atoms with E-state index in [1.54, 1.807) is 5.01 Å². The zero-order valence-electron chi connectivity index (χ0n) is 13.4. The van der Waals surface area contributed by atoms with Gasteiger partial charge in [0.05, 0.1) is 18.2 Å². The first-order valence-corrected chi connectivity index (χ1v) is 7.49. The number of carbonyl (C=O) groups is 1. The Balaban J connectivity index is 2.27. The van der Waals surface area contributed by atoms with Crippen molar-refractivity contribution >= 4 is 11.6 Å². The Bertz CT molecular complexity index is 557. The van der Waals surface area contributed by atoms with Crippen LogP contribution in [0, 0.1) is 18.3 Å². The van der Waals surface area contributed by atoms with Crippen LogP contribution < -0.4 is 5.73 Å². The van der Waals surface area contributed by atoms with Gasteiger partial charge in [0.25, 0.3) is 5.91 Å². The third-order valence-electron chi connectivity index (χ3n) is 3.92. The number of benzene rings is 1. The minimum atomic E-state index is -0.168. The lowest BCUT2D eigenvalue weighted by Gasteiger charge is -2.21. The molecule has 1 aliphatic rings. The fourth-order valence-electron chi connectivity index (χ4n) is 2.71. The number of hydrogen-bond acceptors (Lipinski definition) is 3. The first-order chi connectivity index (χ1) is 9.84. The first-order valence-electron chi connectivity index (χ1n) is 7.49. The maximum atomic E-state index is 12.6. The summed E-state index contributed by atoms with van der Waals surface area (Å²) >= 11 is 0. The third-order valence-corrected chi connectivity index (χ3v) is 3.92. The largest absolute Gasteiger partial charge is 0.330 e. The quantitative estimate of drug-likeness (QED) is 0.925. The van der Waals surface area contributed by atoms with Crippen LogP contribution in [0.5, 0.6) is 0 Å². The number of aryl methyl sites for hydroxylation is 1. The van der Waals surface area contributed by atoms with Crippen LogP contribution in [-0.2, 0) is 11.3 Å². The van der Waals surface area contributed by atoms with Crippen LogP contribution in [0.25, 0.3) is 0 Å². The Morgan fingerprint density at radius 3 is 2.52 bits per heavy atom. The summed E-state index contributed by atoms with van der Waals surface area (Å²) in [4.78, 5) is 12.6. The van der Waals surface area contributed by atoms with E-state index in [0.717, 1.165) is 11.3 Å². The van der Waals surface area contributed by atoms with Gasteiger partial charge in [-0.15, -0.1) is 0 Å². The molecule has 4 nitrogen and oxygen atoms in total. The second-order valence-electron chi connectivity index (χ2n) is 6.69. The Kier molecular flexibility index (Phi) is 4.47. The van der Waals surface area contributed by atoms with Crippen molar-refractivity contribution in [1.29, 1.82) is 0 Å². The molecule has 1 aromatic carbocycles. The van der Waals surface area contributed by atoms with Gasteiger partial charge < -0.3 is 5.73 Å². The summed E-state index contributed by atoms with van der Waals surface area (Å²) in [5.74, 6) is -0.0901. The second kappa shape index (κ2) is 5.98. The summed E-state index contributed by atoms with van der Waals surface area (Å²) in [5, 5.41) is 6.24. The molecule has 114 valence electrons. The van der Waals surface area contributed by atoms with Gasteiger partial charge in [-0.25, -0.2) is 5.01 Å². The van der Waals surface area contributed by atoms with E-state index >= 15 is 0 Å². The fourth-order valence-corrected chi connectivity index (χ4v) is 2.71. The molecule has 1 aromatic rings. The highest BCUT2D eigenvalue weighted by Gasteiger charge is 2.40. The Hall–Kier alpha value is -1.68. The van der Waals surface area contributed by atoms with Gasteiger partial charge in [0.1, 0.15) is 0 Å². The maximum absolute atomic E-state index is 12.6. The molecule has 1 atom stereocenters. The lowest BCUT2D eigenvalue weighted by Crippen LogP contribution is -2.33. The smallest absolute Gasteiger partial charge is 0.251 e. The molecule has 0 radical (unpaired) electrons. The van der Waals surface area contributed by atoms with Crippen molar-refractivity contribution in [2.24, 2.45) is 22.2 Å². The zero-order valence-corrected chi connectivity index (χ0v) is 13.4. The van der Waals surface area contributed by atoms with Crippen molar-refractivity contribution in [2.75, 3.05) is 6.54 Å². The van der Waals surface area contributed by atoms with E-state index in [0.29, 0.717) is 19.5 Å². The molecule has 0 fully saturated rings. The predicted octanol–water partition coefficient (Wildman–Crippen LogP) is 2.70. The molecule has 4 heteroatoms. The van der Waals surface area contributed by atoms with Crippen molar-refractivity contribution in [1.82, 2.24) is 5.01 Å². The number of nitrogens with zero attached hydrogens (tertiary/aromatic N) is 2. The number of rotatable bonds is 4. The highest BCUT2D eigenvalue weighted by atomic mass is 16.2. The minimum Gasteiger partial charge on any atom is -0.330 e. The number of carbonyl (C=O) groups excluding carboxylic acids is 1. The van der Waals surface area contributed by atoms with E-state index in [1.165, 1.54) is 5.56 Å². The van der Waals surface area contributed by atoms with E-state index in [1.807, 2.05) is 18.2 Å². The monoisotopic (exact) mass is 287 g/mol. The summed E-state index contributed by atoms with van der Waals surface area (Å²) in [7, 11) is 0. The molecule has 1 unspecified atom stereocenters. The Morgan fingerprint density at radius 2 is 1.95 bits per heavy atom. The number of amides is 1. The van der Waals surface area contributed by atoms with E-state index < -0.39 is 0 Å². The predicted molar refractivity (Wildman–Crippen MR) is 85.8 cm³/mol. The van der Waals surface area contributed by atoms with E-state index in [4.69, 9.17) is 5.73 Å². The molecule has 1 aliphatic heterocycles. The van der Waals surface area contributed by atoms with Crippen LogP contribution in [0.2, 0.25) is 0 Å². The normalized spacial score (nSPS) is 19.1. The summed E-state index contributed by atoms with van der Waals surface area (Å²) in [6.07, 6.45) is 0.666. The van der Waals surface area contributed by atoms with Crippen molar-refractivity contribution in [2.45, 2.75) is 40.7 Å². The van der Waals surface area contributed by atoms with Gasteiger partial charge in [0.2, 0.25) is 0 Å². The lowest BCUT2D eigenvalue weighted by atomic mass is 9.81. The van der Waals surface area contributed by atoms with Crippen LogP contribution >= 0.6 is 0 Å². The van der Waals surface area contributed by atoms with Crippen LogP contribution in [0.4, 0.5) is 0 Å². The van der Waals surface area contributed by atoms with Crippen LogP contribution in [0.1, 0.15) is 38.3 Å². The third kappa shape index (κ3) is 3.32. The molecule has 0 aromatic heterocycles. The maximum Gasteiger partial charge on any atom is 0.251 e. The topological polar surface area (TPSA) is 58.7 Å². The van der Waals surface area contributed by atoms with Gasteiger partial charge in [-0.1, -0.05) is 45.0 Å². The first kappa shape index (κ1) is 15.7. The van der Waals surface area contributed by atoms with Gasteiger partial charge in [-0.2, -0.15) is 5.10 Å². The van der Waals surface area contributed by atoms with Crippen molar-refractivity contribution in [3.8, 4) is 0 Å². The Labute approximate surface area is 127 Å². The van der Waals surface area contributed by atoms with Crippen molar-refractivity contribution in [3.63, 3.8) is 0 Å². The van der Waals surface area contributed by atoms with Gasteiger partial charge in [0, 0.05) is 5.41 Å². The molecular weight excluding hydrogens is 262 g/mol. The summed E-state index contributed by atoms with van der Waals surface area (Å²) < 4.78 is 0. The summed E-state index contributed by atoms with van der Waals surface area (Å²) in [6, 6.07) is 8.10. The van der Waals surface area contributed by atoms with Gasteiger partial charge in [-0.3, -0.25) is 4.79 Å². The molecule has 0 aliphatic carbocycles. The molecular formula is C17H25N3O. The standard InChI is InChI=1S/C17H25N3O/c1-12-7-5-6-8-13(12)11-20-16(21)14(9-10-18)15(19-20)17(2,3)4/h5-8,14H,9-11,18H2,1-4H3. The van der Waals surface area contributed by atoms with Crippen LogP contribution in [-0.4, -0.2) is 23.2 Å². The molecule has 0 bridgehead atoms. The SMILES string of the molecule is Cc1ccccc1CN1N=C(C(C)(C)C)C(CCN)C1=O. The molecule has 0 spiro atoms. The molecule has 2 rings (SSSR count). The Morgan fingerprint density at radius 1 is 1.29 bits per heavy atom. The number of hydrazone groups is 1.